The van der Waals surface area contributed by atoms with Crippen LogP contribution in [-0.4, -0.2) is 46.4 Å². The van der Waals surface area contributed by atoms with Crippen LogP contribution in [0.3, 0.4) is 0 Å². The lowest BCUT2D eigenvalue weighted by atomic mass is 10.1. The highest BCUT2D eigenvalue weighted by Gasteiger charge is 2.40. The number of amides is 1. The number of alkyl halides is 3. The van der Waals surface area contributed by atoms with Crippen molar-refractivity contribution in [1.82, 2.24) is 20.0 Å². The summed E-state index contributed by atoms with van der Waals surface area (Å²) in [5.41, 5.74) is 0.422. The van der Waals surface area contributed by atoms with Gasteiger partial charge in [-0.2, -0.15) is 18.3 Å². The zero-order valence-corrected chi connectivity index (χ0v) is 17.4. The van der Waals surface area contributed by atoms with Crippen LogP contribution in [0.1, 0.15) is 54.0 Å². The van der Waals surface area contributed by atoms with E-state index in [-0.39, 0.29) is 12.6 Å². The average Bonchev–Trinajstić information content (AvgIpc) is 3.13. The van der Waals surface area contributed by atoms with Gasteiger partial charge in [0.25, 0.3) is 5.91 Å². The van der Waals surface area contributed by atoms with Crippen molar-refractivity contribution in [2.24, 2.45) is 0 Å². The fourth-order valence-corrected chi connectivity index (χ4v) is 3.61. The van der Waals surface area contributed by atoms with Crippen molar-refractivity contribution in [1.29, 1.82) is 0 Å². The van der Waals surface area contributed by atoms with Crippen molar-refractivity contribution in [2.75, 3.05) is 19.7 Å². The molecule has 1 aromatic heterocycles. The molecule has 1 aliphatic rings. The lowest BCUT2D eigenvalue weighted by molar-refractivity contribution is -0.145. The van der Waals surface area contributed by atoms with Gasteiger partial charge < -0.3 is 10.1 Å². The quantitative estimate of drug-likeness (QED) is 0.769. The SMILES string of the molecule is CC1CN(Cc2cccc(CNC(=O)c3cnn(C(C)C)c3C(F)(F)F)c2)CCO1. The Bertz CT molecular complexity index is 879. The Hall–Kier alpha value is -2.39. The van der Waals surface area contributed by atoms with Crippen molar-refractivity contribution in [3.8, 4) is 0 Å². The second-order valence-corrected chi connectivity index (χ2v) is 7.86. The van der Waals surface area contributed by atoms with Crippen molar-refractivity contribution < 1.29 is 22.7 Å². The van der Waals surface area contributed by atoms with E-state index in [9.17, 15) is 18.0 Å². The molecule has 1 aliphatic heterocycles. The molecule has 2 aromatic rings. The molecule has 3 rings (SSSR count). The van der Waals surface area contributed by atoms with Crippen molar-refractivity contribution in [3.05, 3.63) is 52.8 Å². The molecule has 1 amide bonds. The molecule has 2 heterocycles. The van der Waals surface area contributed by atoms with E-state index in [1.54, 1.807) is 13.8 Å². The Kier molecular flexibility index (Phi) is 6.82. The van der Waals surface area contributed by atoms with Gasteiger partial charge in [-0.15, -0.1) is 0 Å². The number of halogens is 3. The monoisotopic (exact) mass is 424 g/mol. The summed E-state index contributed by atoms with van der Waals surface area (Å²) in [5, 5.41) is 6.36. The van der Waals surface area contributed by atoms with Gasteiger partial charge >= 0.3 is 6.18 Å². The van der Waals surface area contributed by atoms with Crippen LogP contribution < -0.4 is 5.32 Å². The summed E-state index contributed by atoms with van der Waals surface area (Å²) in [7, 11) is 0. The first-order chi connectivity index (χ1) is 14.1. The number of hydrogen-bond acceptors (Lipinski definition) is 4. The van der Waals surface area contributed by atoms with Gasteiger partial charge in [-0.1, -0.05) is 24.3 Å². The molecule has 1 atom stereocenters. The fraction of sp³-hybridized carbons (Fsp3) is 0.524. The molecule has 30 heavy (non-hydrogen) atoms. The number of morpholine rings is 1. The second-order valence-electron chi connectivity index (χ2n) is 7.86. The minimum absolute atomic E-state index is 0.135. The molecule has 6 nitrogen and oxygen atoms in total. The van der Waals surface area contributed by atoms with Gasteiger partial charge in [0, 0.05) is 32.2 Å². The van der Waals surface area contributed by atoms with E-state index in [0.717, 1.165) is 41.6 Å². The summed E-state index contributed by atoms with van der Waals surface area (Å²) < 4.78 is 46.8. The van der Waals surface area contributed by atoms with Crippen LogP contribution in [-0.2, 0) is 24.0 Å². The molecule has 0 saturated carbocycles. The van der Waals surface area contributed by atoms with Crippen molar-refractivity contribution >= 4 is 5.91 Å². The number of aromatic nitrogens is 2. The molecule has 0 bridgehead atoms. The van der Waals surface area contributed by atoms with E-state index in [4.69, 9.17) is 4.74 Å². The van der Waals surface area contributed by atoms with Gasteiger partial charge in [0.15, 0.2) is 5.69 Å². The molecular formula is C21H27F3N4O2. The van der Waals surface area contributed by atoms with Crippen molar-refractivity contribution in [3.63, 3.8) is 0 Å². The number of nitrogens with one attached hydrogen (secondary N) is 1. The lowest BCUT2D eigenvalue weighted by Gasteiger charge is -2.31. The maximum Gasteiger partial charge on any atom is 0.433 e. The first-order valence-electron chi connectivity index (χ1n) is 10.00. The van der Waals surface area contributed by atoms with Crippen LogP contribution in [0.2, 0.25) is 0 Å². The van der Waals surface area contributed by atoms with Gasteiger partial charge in [0.1, 0.15) is 0 Å². The van der Waals surface area contributed by atoms with E-state index in [1.165, 1.54) is 0 Å². The summed E-state index contributed by atoms with van der Waals surface area (Å²) in [5.74, 6) is -0.790. The second kappa shape index (κ2) is 9.18. The van der Waals surface area contributed by atoms with E-state index < -0.39 is 29.4 Å². The van der Waals surface area contributed by atoms with Crippen LogP contribution >= 0.6 is 0 Å². The van der Waals surface area contributed by atoms with Crippen LogP contribution in [0.4, 0.5) is 13.2 Å². The summed E-state index contributed by atoms with van der Waals surface area (Å²) in [6.07, 6.45) is -3.49. The zero-order chi connectivity index (χ0) is 21.9. The topological polar surface area (TPSA) is 59.4 Å². The maximum absolute atomic E-state index is 13.5. The normalized spacial score (nSPS) is 18.0. The minimum atomic E-state index is -4.66. The molecule has 0 aliphatic carbocycles. The van der Waals surface area contributed by atoms with E-state index in [1.807, 2.05) is 31.2 Å². The molecule has 0 spiro atoms. The van der Waals surface area contributed by atoms with E-state index in [0.29, 0.717) is 6.61 Å². The number of carbonyl (C=O) groups excluding carboxylic acids is 1. The predicted octanol–water partition coefficient (Wildman–Crippen LogP) is 3.63. The summed E-state index contributed by atoms with van der Waals surface area (Å²) in [6.45, 7) is 8.50. The Morgan fingerprint density at radius 3 is 2.73 bits per heavy atom. The van der Waals surface area contributed by atoms with Gasteiger partial charge in [0.05, 0.1) is 24.5 Å². The molecule has 1 saturated heterocycles. The molecule has 164 valence electrons. The Morgan fingerprint density at radius 1 is 1.33 bits per heavy atom. The van der Waals surface area contributed by atoms with Gasteiger partial charge in [-0.05, 0) is 31.9 Å². The number of benzene rings is 1. The van der Waals surface area contributed by atoms with Crippen LogP contribution in [0.5, 0.6) is 0 Å². The molecular weight excluding hydrogens is 397 g/mol. The van der Waals surface area contributed by atoms with Gasteiger partial charge in [-0.25, -0.2) is 0 Å². The number of nitrogens with zero attached hydrogens (tertiary/aromatic N) is 3. The molecule has 0 radical (unpaired) electrons. The third-order valence-corrected chi connectivity index (χ3v) is 4.97. The van der Waals surface area contributed by atoms with Crippen LogP contribution in [0.25, 0.3) is 0 Å². The lowest BCUT2D eigenvalue weighted by Crippen LogP contribution is -2.40. The Morgan fingerprint density at radius 2 is 2.07 bits per heavy atom. The van der Waals surface area contributed by atoms with Crippen molar-refractivity contribution in [2.45, 2.75) is 52.2 Å². The van der Waals surface area contributed by atoms with Gasteiger partial charge in [-0.3, -0.25) is 14.4 Å². The summed E-state index contributed by atoms with van der Waals surface area (Å²) >= 11 is 0. The Balaban J connectivity index is 1.67. The highest BCUT2D eigenvalue weighted by Crippen LogP contribution is 2.33. The average molecular weight is 424 g/mol. The number of rotatable bonds is 6. The molecule has 1 aromatic carbocycles. The molecule has 1 fully saturated rings. The van der Waals surface area contributed by atoms with E-state index in [2.05, 4.69) is 15.3 Å². The zero-order valence-electron chi connectivity index (χ0n) is 17.4. The number of hydrogen-bond donors (Lipinski definition) is 1. The third-order valence-electron chi connectivity index (χ3n) is 4.97. The maximum atomic E-state index is 13.5. The number of carbonyl (C=O) groups is 1. The highest BCUT2D eigenvalue weighted by molar-refractivity contribution is 5.95. The summed E-state index contributed by atoms with van der Waals surface area (Å²) in [4.78, 5) is 14.8. The van der Waals surface area contributed by atoms with Crippen LogP contribution in [0, 0.1) is 0 Å². The Labute approximate surface area is 174 Å². The standard InChI is InChI=1S/C21H27F3N4O2/c1-14(2)28-19(21(22,23)24)18(11-26-28)20(29)25-10-16-5-4-6-17(9-16)13-27-7-8-30-15(3)12-27/h4-6,9,11,14-15H,7-8,10,12-13H2,1-3H3,(H,25,29). The molecule has 1 unspecified atom stereocenters. The summed E-state index contributed by atoms with van der Waals surface area (Å²) in [6, 6.07) is 7.18. The minimum Gasteiger partial charge on any atom is -0.376 e. The third kappa shape index (κ3) is 5.40. The smallest absolute Gasteiger partial charge is 0.376 e. The largest absolute Gasteiger partial charge is 0.433 e. The highest BCUT2D eigenvalue weighted by atomic mass is 19.4. The van der Waals surface area contributed by atoms with Gasteiger partial charge in [0.2, 0.25) is 0 Å². The molecule has 9 heteroatoms. The van der Waals surface area contributed by atoms with Crippen LogP contribution in [0.15, 0.2) is 30.5 Å². The predicted molar refractivity (Wildman–Crippen MR) is 106 cm³/mol. The fourth-order valence-electron chi connectivity index (χ4n) is 3.61. The van der Waals surface area contributed by atoms with E-state index >= 15 is 0 Å². The first kappa shape index (κ1) is 22.3. The molecule has 1 N–H and O–H groups in total. The first-order valence-corrected chi connectivity index (χ1v) is 10.00. The number of ether oxygens (including phenoxy) is 1.